The summed E-state index contributed by atoms with van der Waals surface area (Å²) in [6.07, 6.45) is 7.08. The van der Waals surface area contributed by atoms with Crippen LogP contribution in [0.15, 0.2) is 67.1 Å². The summed E-state index contributed by atoms with van der Waals surface area (Å²) in [6, 6.07) is 17.5. The van der Waals surface area contributed by atoms with E-state index >= 15 is 0 Å². The molecule has 2 aromatic carbocycles. The number of nitrogens with zero attached hydrogens (tertiary/aromatic N) is 1. The summed E-state index contributed by atoms with van der Waals surface area (Å²) < 4.78 is 0. The molecule has 1 aliphatic rings. The van der Waals surface area contributed by atoms with Gasteiger partial charge in [-0.2, -0.15) is 0 Å². The fourth-order valence-electron chi connectivity index (χ4n) is 4.11. The smallest absolute Gasteiger partial charge is 0.137 e. The second kappa shape index (κ2) is 5.48. The van der Waals surface area contributed by atoms with E-state index in [-0.39, 0.29) is 0 Å². The van der Waals surface area contributed by atoms with Crippen LogP contribution in [0.25, 0.3) is 44.2 Å². The first kappa shape index (κ1) is 14.6. The lowest BCUT2D eigenvalue weighted by molar-refractivity contribution is 1.11. The minimum Gasteiger partial charge on any atom is -0.384 e. The van der Waals surface area contributed by atoms with Crippen LogP contribution < -0.4 is 5.32 Å². The SMILES string of the molecule is c1cc2cc(-c3cnc4[nH]cc(-c5ccc6c(c5)CCN6)c4c3)ccc2[nH]1. The molecule has 1 aliphatic heterocycles. The Bertz CT molecular complexity index is 1310. The number of anilines is 1. The van der Waals surface area contributed by atoms with Gasteiger partial charge < -0.3 is 15.3 Å². The average molecular weight is 350 g/mol. The molecule has 27 heavy (non-hydrogen) atoms. The Hall–Kier alpha value is -3.53. The molecule has 0 aliphatic carbocycles. The molecule has 0 saturated heterocycles. The Labute approximate surface area is 156 Å². The Morgan fingerprint density at radius 2 is 1.81 bits per heavy atom. The Morgan fingerprint density at radius 1 is 0.852 bits per heavy atom. The lowest BCUT2D eigenvalue weighted by Crippen LogP contribution is -1.90. The largest absolute Gasteiger partial charge is 0.384 e. The van der Waals surface area contributed by atoms with E-state index in [0.717, 1.165) is 35.1 Å². The molecule has 0 bridgehead atoms. The molecule has 0 radical (unpaired) electrons. The molecule has 4 heteroatoms. The van der Waals surface area contributed by atoms with Gasteiger partial charge in [-0.1, -0.05) is 12.1 Å². The van der Waals surface area contributed by atoms with Crippen molar-refractivity contribution in [2.24, 2.45) is 0 Å². The second-order valence-electron chi connectivity index (χ2n) is 7.15. The summed E-state index contributed by atoms with van der Waals surface area (Å²) in [5.41, 5.74) is 9.50. The van der Waals surface area contributed by atoms with Crippen LogP contribution in [-0.2, 0) is 6.42 Å². The van der Waals surface area contributed by atoms with Crippen molar-refractivity contribution in [3.8, 4) is 22.3 Å². The summed E-state index contributed by atoms with van der Waals surface area (Å²) in [5, 5.41) is 5.81. The minimum atomic E-state index is 0.926. The topological polar surface area (TPSA) is 56.5 Å². The Morgan fingerprint density at radius 3 is 2.81 bits per heavy atom. The van der Waals surface area contributed by atoms with E-state index in [1.807, 2.05) is 12.4 Å². The molecule has 130 valence electrons. The molecule has 0 amide bonds. The van der Waals surface area contributed by atoms with Crippen molar-refractivity contribution in [3.05, 3.63) is 72.7 Å². The molecule has 3 N–H and O–H groups in total. The maximum absolute atomic E-state index is 4.67. The number of rotatable bonds is 2. The highest BCUT2D eigenvalue weighted by molar-refractivity contribution is 5.97. The van der Waals surface area contributed by atoms with Gasteiger partial charge in [0.1, 0.15) is 5.65 Å². The summed E-state index contributed by atoms with van der Waals surface area (Å²) in [5.74, 6) is 0. The van der Waals surface area contributed by atoms with Gasteiger partial charge in [0.2, 0.25) is 0 Å². The van der Waals surface area contributed by atoms with Crippen molar-refractivity contribution >= 4 is 27.6 Å². The van der Waals surface area contributed by atoms with Crippen LogP contribution >= 0.6 is 0 Å². The lowest BCUT2D eigenvalue weighted by Gasteiger charge is -2.06. The molecular weight excluding hydrogens is 332 g/mol. The van der Waals surface area contributed by atoms with Crippen LogP contribution in [-0.4, -0.2) is 21.5 Å². The second-order valence-corrected chi connectivity index (χ2v) is 7.15. The van der Waals surface area contributed by atoms with Crippen LogP contribution in [0.1, 0.15) is 5.56 Å². The third kappa shape index (κ3) is 2.27. The van der Waals surface area contributed by atoms with E-state index in [1.54, 1.807) is 0 Å². The van der Waals surface area contributed by atoms with Gasteiger partial charge >= 0.3 is 0 Å². The van der Waals surface area contributed by atoms with Crippen LogP contribution in [0.3, 0.4) is 0 Å². The maximum atomic E-state index is 4.67. The van der Waals surface area contributed by atoms with Gasteiger partial charge in [-0.3, -0.25) is 0 Å². The summed E-state index contributed by atoms with van der Waals surface area (Å²) in [7, 11) is 0. The number of pyridine rings is 1. The third-order valence-electron chi connectivity index (χ3n) is 5.54. The summed E-state index contributed by atoms with van der Waals surface area (Å²) >= 11 is 0. The predicted molar refractivity (Wildman–Crippen MR) is 111 cm³/mol. The molecule has 4 nitrogen and oxygen atoms in total. The highest BCUT2D eigenvalue weighted by Gasteiger charge is 2.14. The van der Waals surface area contributed by atoms with Crippen molar-refractivity contribution in [1.29, 1.82) is 0 Å². The molecule has 0 fully saturated rings. The molecule has 0 saturated carbocycles. The zero-order chi connectivity index (χ0) is 17.8. The molecule has 0 spiro atoms. The lowest BCUT2D eigenvalue weighted by atomic mass is 9.99. The van der Waals surface area contributed by atoms with Gasteiger partial charge in [0.05, 0.1) is 0 Å². The monoisotopic (exact) mass is 350 g/mol. The quantitative estimate of drug-likeness (QED) is 0.402. The van der Waals surface area contributed by atoms with Gasteiger partial charge in [0, 0.05) is 52.9 Å². The maximum Gasteiger partial charge on any atom is 0.137 e. The molecule has 6 rings (SSSR count). The number of nitrogens with one attached hydrogen (secondary N) is 3. The number of benzene rings is 2. The first-order chi connectivity index (χ1) is 13.3. The fourth-order valence-corrected chi connectivity index (χ4v) is 4.11. The van der Waals surface area contributed by atoms with Gasteiger partial charge in [-0.05, 0) is 64.9 Å². The van der Waals surface area contributed by atoms with Gasteiger partial charge in [-0.15, -0.1) is 0 Å². The summed E-state index contributed by atoms with van der Waals surface area (Å²) in [6.45, 7) is 1.03. The molecular formula is C23H18N4. The van der Waals surface area contributed by atoms with Crippen molar-refractivity contribution in [2.75, 3.05) is 11.9 Å². The molecule has 0 unspecified atom stereocenters. The Balaban J connectivity index is 1.50. The van der Waals surface area contributed by atoms with E-state index in [4.69, 9.17) is 0 Å². The zero-order valence-electron chi connectivity index (χ0n) is 14.7. The van der Waals surface area contributed by atoms with Crippen molar-refractivity contribution in [1.82, 2.24) is 15.0 Å². The highest BCUT2D eigenvalue weighted by Crippen LogP contribution is 2.34. The van der Waals surface area contributed by atoms with E-state index < -0.39 is 0 Å². The van der Waals surface area contributed by atoms with Crippen LogP contribution in [0.5, 0.6) is 0 Å². The molecule has 0 atom stereocenters. The van der Waals surface area contributed by atoms with Crippen LogP contribution in [0.2, 0.25) is 0 Å². The molecule has 4 heterocycles. The van der Waals surface area contributed by atoms with Gasteiger partial charge in [0.15, 0.2) is 0 Å². The standard InChI is InChI=1S/C23H18N4/c1-3-21-16(5-7-24-21)9-14(1)18-11-19-20(13-27-23(19)26-12-18)15-2-4-22-17(10-15)6-8-25-22/h1-5,7,9-13,24-25H,6,8H2,(H,26,27). The van der Waals surface area contributed by atoms with Crippen molar-refractivity contribution < 1.29 is 0 Å². The number of H-pyrrole nitrogens is 2. The van der Waals surface area contributed by atoms with Gasteiger partial charge in [-0.25, -0.2) is 4.98 Å². The van der Waals surface area contributed by atoms with E-state index in [2.05, 4.69) is 75.0 Å². The number of fused-ring (bicyclic) bond motifs is 3. The van der Waals surface area contributed by atoms with Crippen LogP contribution in [0.4, 0.5) is 5.69 Å². The predicted octanol–water partition coefficient (Wildman–Crippen LogP) is 5.35. The zero-order valence-corrected chi connectivity index (χ0v) is 14.7. The highest BCUT2D eigenvalue weighted by atomic mass is 14.9. The Kier molecular flexibility index (Phi) is 2.97. The first-order valence-corrected chi connectivity index (χ1v) is 9.27. The number of hydrogen-bond donors (Lipinski definition) is 3. The van der Waals surface area contributed by atoms with Crippen molar-refractivity contribution in [2.45, 2.75) is 6.42 Å². The summed E-state index contributed by atoms with van der Waals surface area (Å²) in [4.78, 5) is 11.2. The molecule has 5 aromatic rings. The number of aromatic amines is 2. The molecule has 3 aromatic heterocycles. The van der Waals surface area contributed by atoms with E-state index in [1.165, 1.54) is 33.3 Å². The van der Waals surface area contributed by atoms with E-state index in [0.29, 0.717) is 0 Å². The number of aromatic nitrogens is 3. The third-order valence-corrected chi connectivity index (χ3v) is 5.54. The average Bonchev–Trinajstić information content (AvgIpc) is 3.44. The van der Waals surface area contributed by atoms with E-state index in [9.17, 15) is 0 Å². The van der Waals surface area contributed by atoms with Gasteiger partial charge in [0.25, 0.3) is 0 Å². The first-order valence-electron chi connectivity index (χ1n) is 9.27. The normalized spacial score (nSPS) is 13.2. The fraction of sp³-hybridized carbons (Fsp3) is 0.0870. The number of hydrogen-bond acceptors (Lipinski definition) is 2. The van der Waals surface area contributed by atoms with Crippen LogP contribution in [0, 0.1) is 0 Å². The minimum absolute atomic E-state index is 0.926. The van der Waals surface area contributed by atoms with Crippen molar-refractivity contribution in [3.63, 3.8) is 0 Å².